The largest absolute Gasteiger partial charge is 0.492 e. The maximum absolute atomic E-state index is 12.6. The molecule has 4 aromatic rings. The highest BCUT2D eigenvalue weighted by atomic mass is 32.2. The highest BCUT2D eigenvalue weighted by Crippen LogP contribution is 2.30. The third-order valence-corrected chi connectivity index (χ3v) is 5.86. The number of aryl methyl sites for hydroxylation is 1. The molecular formula is C21H19NO4S. The van der Waals surface area contributed by atoms with Crippen LogP contribution >= 0.6 is 0 Å². The average molecular weight is 381 g/mol. The quantitative estimate of drug-likeness (QED) is 0.507. The first kappa shape index (κ1) is 17.6. The molecule has 1 aromatic heterocycles. The van der Waals surface area contributed by atoms with Gasteiger partial charge in [0.2, 0.25) is 10.0 Å². The van der Waals surface area contributed by atoms with E-state index in [2.05, 4.69) is 4.72 Å². The van der Waals surface area contributed by atoms with Crippen LogP contribution in [0.5, 0.6) is 5.75 Å². The maximum atomic E-state index is 12.6. The molecule has 0 spiro atoms. The molecule has 0 aliphatic heterocycles. The van der Waals surface area contributed by atoms with Gasteiger partial charge in [-0.3, -0.25) is 0 Å². The molecule has 6 heteroatoms. The molecule has 4 rings (SSSR count). The van der Waals surface area contributed by atoms with Crippen LogP contribution in [0.3, 0.4) is 0 Å². The summed E-state index contributed by atoms with van der Waals surface area (Å²) >= 11 is 0. The van der Waals surface area contributed by atoms with Gasteiger partial charge in [-0.2, -0.15) is 0 Å². The SMILES string of the molecule is Cc1ccccc1OCCNS(=O)(=O)c1ccc2oc3ccccc3c2c1. The lowest BCUT2D eigenvalue weighted by Gasteiger charge is -2.10. The van der Waals surface area contributed by atoms with Crippen molar-refractivity contribution in [1.29, 1.82) is 0 Å². The summed E-state index contributed by atoms with van der Waals surface area (Å²) in [5.74, 6) is 0.753. The van der Waals surface area contributed by atoms with Gasteiger partial charge in [-0.05, 0) is 42.8 Å². The van der Waals surface area contributed by atoms with Crippen molar-refractivity contribution in [1.82, 2.24) is 4.72 Å². The number of furan rings is 1. The number of rotatable bonds is 6. The lowest BCUT2D eigenvalue weighted by Crippen LogP contribution is -2.28. The topological polar surface area (TPSA) is 68.5 Å². The van der Waals surface area contributed by atoms with E-state index in [9.17, 15) is 8.42 Å². The zero-order valence-corrected chi connectivity index (χ0v) is 15.6. The molecule has 0 fully saturated rings. The van der Waals surface area contributed by atoms with E-state index in [1.165, 1.54) is 0 Å². The molecular weight excluding hydrogens is 362 g/mol. The molecule has 0 amide bonds. The van der Waals surface area contributed by atoms with Crippen LogP contribution in [0.2, 0.25) is 0 Å². The second-order valence-corrected chi connectivity index (χ2v) is 8.03. The summed E-state index contributed by atoms with van der Waals surface area (Å²) in [6, 6.07) is 20.1. The monoisotopic (exact) mass is 381 g/mol. The maximum Gasteiger partial charge on any atom is 0.240 e. The van der Waals surface area contributed by atoms with Crippen molar-refractivity contribution in [2.45, 2.75) is 11.8 Å². The van der Waals surface area contributed by atoms with Crippen molar-refractivity contribution in [3.63, 3.8) is 0 Å². The van der Waals surface area contributed by atoms with Gasteiger partial charge in [0.1, 0.15) is 23.5 Å². The molecule has 0 unspecified atom stereocenters. The minimum atomic E-state index is -3.63. The molecule has 138 valence electrons. The van der Waals surface area contributed by atoms with Gasteiger partial charge in [0.25, 0.3) is 0 Å². The van der Waals surface area contributed by atoms with Crippen LogP contribution in [0, 0.1) is 6.92 Å². The number of hydrogen-bond donors (Lipinski definition) is 1. The first-order valence-corrected chi connectivity index (χ1v) is 10.1. The Labute approximate surface area is 157 Å². The number of nitrogens with one attached hydrogen (secondary N) is 1. The number of hydrogen-bond acceptors (Lipinski definition) is 4. The zero-order valence-electron chi connectivity index (χ0n) is 14.8. The number of sulfonamides is 1. The molecule has 0 saturated carbocycles. The van der Waals surface area contributed by atoms with Gasteiger partial charge in [0.15, 0.2) is 0 Å². The van der Waals surface area contributed by atoms with Gasteiger partial charge < -0.3 is 9.15 Å². The van der Waals surface area contributed by atoms with Crippen molar-refractivity contribution >= 4 is 32.0 Å². The van der Waals surface area contributed by atoms with Crippen molar-refractivity contribution in [2.24, 2.45) is 0 Å². The molecule has 27 heavy (non-hydrogen) atoms. The number of benzene rings is 3. The van der Waals surface area contributed by atoms with E-state index in [0.29, 0.717) is 5.58 Å². The Balaban J connectivity index is 1.50. The summed E-state index contributed by atoms with van der Waals surface area (Å²) in [5, 5.41) is 1.68. The predicted molar refractivity (Wildman–Crippen MR) is 106 cm³/mol. The fraction of sp³-hybridized carbons (Fsp3) is 0.143. The Kier molecular flexibility index (Phi) is 4.59. The van der Waals surface area contributed by atoms with Gasteiger partial charge in [-0.1, -0.05) is 36.4 Å². The molecule has 0 saturated heterocycles. The van der Waals surface area contributed by atoms with Crippen LogP contribution in [0.15, 0.2) is 76.0 Å². The Morgan fingerprint density at radius 1 is 0.926 bits per heavy atom. The summed E-state index contributed by atoms with van der Waals surface area (Å²) < 4.78 is 39.2. The predicted octanol–water partition coefficient (Wildman–Crippen LogP) is 4.25. The highest BCUT2D eigenvalue weighted by Gasteiger charge is 2.16. The summed E-state index contributed by atoms with van der Waals surface area (Å²) in [6.45, 7) is 2.38. The summed E-state index contributed by atoms with van der Waals surface area (Å²) in [5.41, 5.74) is 2.41. The van der Waals surface area contributed by atoms with Crippen molar-refractivity contribution in [3.8, 4) is 5.75 Å². The standard InChI is InChI=1S/C21H19NO4S/c1-15-6-2-4-8-19(15)25-13-12-22-27(23,24)16-10-11-21-18(14-16)17-7-3-5-9-20(17)26-21/h2-11,14,22H,12-13H2,1H3. The molecule has 0 bridgehead atoms. The normalized spacial score (nSPS) is 11.9. The zero-order chi connectivity index (χ0) is 18.9. The third-order valence-electron chi connectivity index (χ3n) is 4.40. The number of ether oxygens (including phenoxy) is 1. The Morgan fingerprint density at radius 3 is 2.52 bits per heavy atom. The van der Waals surface area contributed by atoms with Crippen LogP contribution in [-0.2, 0) is 10.0 Å². The van der Waals surface area contributed by atoms with E-state index >= 15 is 0 Å². The van der Waals surface area contributed by atoms with E-state index in [1.54, 1.807) is 18.2 Å². The average Bonchev–Trinajstić information content (AvgIpc) is 3.04. The van der Waals surface area contributed by atoms with Crippen LogP contribution in [0.4, 0.5) is 0 Å². The van der Waals surface area contributed by atoms with Crippen LogP contribution in [0.25, 0.3) is 21.9 Å². The van der Waals surface area contributed by atoms with Crippen molar-refractivity contribution in [2.75, 3.05) is 13.2 Å². The molecule has 0 atom stereocenters. The Bertz CT molecular complexity index is 1210. The molecule has 3 aromatic carbocycles. The van der Waals surface area contributed by atoms with Crippen LogP contribution in [-0.4, -0.2) is 21.6 Å². The number of fused-ring (bicyclic) bond motifs is 3. The lowest BCUT2D eigenvalue weighted by atomic mass is 10.1. The molecule has 1 heterocycles. The first-order chi connectivity index (χ1) is 13.0. The second kappa shape index (κ2) is 7.06. The van der Waals surface area contributed by atoms with E-state index in [0.717, 1.165) is 27.7 Å². The van der Waals surface area contributed by atoms with Crippen molar-refractivity contribution in [3.05, 3.63) is 72.3 Å². The van der Waals surface area contributed by atoms with E-state index < -0.39 is 10.0 Å². The van der Waals surface area contributed by atoms with E-state index in [1.807, 2.05) is 55.5 Å². The third kappa shape index (κ3) is 3.54. The van der Waals surface area contributed by atoms with Crippen molar-refractivity contribution < 1.29 is 17.6 Å². The van der Waals surface area contributed by atoms with Crippen LogP contribution < -0.4 is 9.46 Å². The van der Waals surface area contributed by atoms with Crippen LogP contribution in [0.1, 0.15) is 5.56 Å². The Hall–Kier alpha value is -2.83. The summed E-state index contributed by atoms with van der Waals surface area (Å²) in [7, 11) is -3.63. The molecule has 1 N–H and O–H groups in total. The second-order valence-electron chi connectivity index (χ2n) is 6.27. The fourth-order valence-corrected chi connectivity index (χ4v) is 4.05. The number of para-hydroxylation sites is 2. The minimum Gasteiger partial charge on any atom is -0.492 e. The van der Waals surface area contributed by atoms with Gasteiger partial charge in [0.05, 0.1) is 4.90 Å². The molecule has 0 radical (unpaired) electrons. The Morgan fingerprint density at radius 2 is 1.67 bits per heavy atom. The fourth-order valence-electron chi connectivity index (χ4n) is 3.01. The summed E-state index contributed by atoms with van der Waals surface area (Å²) in [6.07, 6.45) is 0. The molecule has 0 aliphatic carbocycles. The highest BCUT2D eigenvalue weighted by molar-refractivity contribution is 7.89. The first-order valence-electron chi connectivity index (χ1n) is 8.64. The van der Waals surface area contributed by atoms with E-state index in [4.69, 9.17) is 9.15 Å². The lowest BCUT2D eigenvalue weighted by molar-refractivity contribution is 0.320. The van der Waals surface area contributed by atoms with Gasteiger partial charge >= 0.3 is 0 Å². The molecule has 5 nitrogen and oxygen atoms in total. The van der Waals surface area contributed by atoms with Gasteiger partial charge in [-0.15, -0.1) is 0 Å². The van der Waals surface area contributed by atoms with Gasteiger partial charge in [-0.25, -0.2) is 13.1 Å². The minimum absolute atomic E-state index is 0.181. The summed E-state index contributed by atoms with van der Waals surface area (Å²) in [4.78, 5) is 0.206. The smallest absolute Gasteiger partial charge is 0.240 e. The van der Waals surface area contributed by atoms with E-state index in [-0.39, 0.29) is 18.0 Å². The molecule has 0 aliphatic rings. The van der Waals surface area contributed by atoms with Gasteiger partial charge in [0, 0.05) is 17.3 Å².